The molecule has 0 bridgehead atoms. The summed E-state index contributed by atoms with van der Waals surface area (Å²) < 4.78 is 46.5. The van der Waals surface area contributed by atoms with Crippen LogP contribution in [0, 0.1) is 0 Å². The van der Waals surface area contributed by atoms with Gasteiger partial charge in [-0.1, -0.05) is 0 Å². The van der Waals surface area contributed by atoms with Gasteiger partial charge in [0.15, 0.2) is 11.5 Å². The van der Waals surface area contributed by atoms with Gasteiger partial charge < -0.3 is 14.6 Å². The van der Waals surface area contributed by atoms with Crippen LogP contribution in [0.1, 0.15) is 23.7 Å². The summed E-state index contributed by atoms with van der Waals surface area (Å²) >= 11 is 0. The molecule has 1 aromatic carbocycles. The van der Waals surface area contributed by atoms with Crippen LogP contribution in [0.4, 0.5) is 13.2 Å². The van der Waals surface area contributed by atoms with E-state index in [1.54, 1.807) is 0 Å². The van der Waals surface area contributed by atoms with E-state index in [2.05, 4.69) is 0 Å². The van der Waals surface area contributed by atoms with Gasteiger partial charge in [0, 0.05) is 0 Å². The molecule has 1 N–H and O–H groups in total. The molecular formula is C12H13F3O4. The molecule has 0 saturated heterocycles. The van der Waals surface area contributed by atoms with Crippen molar-refractivity contribution in [2.75, 3.05) is 7.11 Å². The molecule has 0 saturated carbocycles. The predicted octanol–water partition coefficient (Wildman–Crippen LogP) is 3.11. The number of methoxy groups -OCH3 is 1. The van der Waals surface area contributed by atoms with Gasteiger partial charge in [-0.3, -0.25) is 0 Å². The third kappa shape index (κ3) is 4.69. The Balaban J connectivity index is 2.86. The normalized spacial score (nSPS) is 12.9. The third-order valence-electron chi connectivity index (χ3n) is 2.26. The number of aromatic carboxylic acids is 1. The van der Waals surface area contributed by atoms with Crippen molar-refractivity contribution in [3.05, 3.63) is 23.8 Å². The van der Waals surface area contributed by atoms with Gasteiger partial charge in [0.2, 0.25) is 0 Å². The maximum atomic E-state index is 12.2. The average Bonchev–Trinajstić information content (AvgIpc) is 2.26. The Labute approximate surface area is 107 Å². The Morgan fingerprint density at radius 1 is 1.37 bits per heavy atom. The predicted molar refractivity (Wildman–Crippen MR) is 60.7 cm³/mol. The lowest BCUT2D eigenvalue weighted by molar-refractivity contribution is -0.148. The lowest BCUT2D eigenvalue weighted by Gasteiger charge is -2.18. The molecule has 0 radical (unpaired) electrons. The summed E-state index contributed by atoms with van der Waals surface area (Å²) in [6, 6.07) is 3.70. The second kappa shape index (κ2) is 5.81. The smallest absolute Gasteiger partial charge is 0.392 e. The van der Waals surface area contributed by atoms with Gasteiger partial charge in [-0.2, -0.15) is 13.2 Å². The van der Waals surface area contributed by atoms with Crippen LogP contribution in [0.5, 0.6) is 11.5 Å². The van der Waals surface area contributed by atoms with E-state index in [9.17, 15) is 18.0 Å². The van der Waals surface area contributed by atoms with Crippen LogP contribution < -0.4 is 9.47 Å². The van der Waals surface area contributed by atoms with Crippen molar-refractivity contribution in [3.8, 4) is 11.5 Å². The molecule has 106 valence electrons. The average molecular weight is 278 g/mol. The van der Waals surface area contributed by atoms with Crippen molar-refractivity contribution in [1.82, 2.24) is 0 Å². The monoisotopic (exact) mass is 278 g/mol. The van der Waals surface area contributed by atoms with Crippen LogP contribution >= 0.6 is 0 Å². The lowest BCUT2D eigenvalue weighted by Crippen LogP contribution is -2.22. The second-order valence-electron chi connectivity index (χ2n) is 3.92. The van der Waals surface area contributed by atoms with E-state index in [4.69, 9.17) is 14.6 Å². The number of carboxylic acid groups (broad SMARTS) is 1. The van der Waals surface area contributed by atoms with Gasteiger partial charge in [-0.05, 0) is 25.1 Å². The number of carbonyl (C=O) groups is 1. The molecule has 19 heavy (non-hydrogen) atoms. The summed E-state index contributed by atoms with van der Waals surface area (Å²) in [7, 11) is 1.28. The van der Waals surface area contributed by atoms with Crippen LogP contribution in [0.3, 0.4) is 0 Å². The first-order valence-electron chi connectivity index (χ1n) is 5.37. The maximum absolute atomic E-state index is 12.2. The summed E-state index contributed by atoms with van der Waals surface area (Å²) in [6.07, 6.45) is -6.52. The highest BCUT2D eigenvalue weighted by molar-refractivity contribution is 5.88. The summed E-state index contributed by atoms with van der Waals surface area (Å²) in [5.41, 5.74) is -0.0346. The number of halogens is 3. The minimum Gasteiger partial charge on any atom is -0.493 e. The van der Waals surface area contributed by atoms with E-state index in [1.165, 1.54) is 32.2 Å². The van der Waals surface area contributed by atoms with Crippen LogP contribution in [0.15, 0.2) is 18.2 Å². The Kier molecular flexibility index (Phi) is 4.63. The van der Waals surface area contributed by atoms with Crippen molar-refractivity contribution in [3.63, 3.8) is 0 Å². The molecule has 4 nitrogen and oxygen atoms in total. The van der Waals surface area contributed by atoms with E-state index >= 15 is 0 Å². The van der Waals surface area contributed by atoms with Crippen molar-refractivity contribution in [2.45, 2.75) is 25.6 Å². The molecule has 1 atom stereocenters. The number of ether oxygens (including phenoxy) is 2. The SMILES string of the molecule is COc1cc(C(=O)O)ccc1OC(C)CC(F)(F)F. The van der Waals surface area contributed by atoms with Crippen molar-refractivity contribution >= 4 is 5.97 Å². The largest absolute Gasteiger partial charge is 0.493 e. The first kappa shape index (κ1) is 15.1. The zero-order valence-corrected chi connectivity index (χ0v) is 10.3. The molecule has 0 aromatic heterocycles. The van der Waals surface area contributed by atoms with Crippen molar-refractivity contribution in [2.24, 2.45) is 0 Å². The topological polar surface area (TPSA) is 55.8 Å². The number of hydrogen-bond donors (Lipinski definition) is 1. The van der Waals surface area contributed by atoms with Gasteiger partial charge in [0.25, 0.3) is 0 Å². The second-order valence-corrected chi connectivity index (χ2v) is 3.92. The molecule has 7 heteroatoms. The summed E-state index contributed by atoms with van der Waals surface area (Å²) in [4.78, 5) is 10.7. The molecule has 1 unspecified atom stereocenters. The number of hydrogen-bond acceptors (Lipinski definition) is 3. The van der Waals surface area contributed by atoms with Crippen molar-refractivity contribution < 1.29 is 32.5 Å². The van der Waals surface area contributed by atoms with Gasteiger partial charge in [0.1, 0.15) is 6.10 Å². The highest BCUT2D eigenvalue weighted by Crippen LogP contribution is 2.31. The molecule has 0 amide bonds. The Morgan fingerprint density at radius 2 is 2.00 bits per heavy atom. The van der Waals surface area contributed by atoms with E-state index in [1.807, 2.05) is 0 Å². The van der Waals surface area contributed by atoms with Crippen molar-refractivity contribution in [1.29, 1.82) is 0 Å². The number of rotatable bonds is 5. The van der Waals surface area contributed by atoms with E-state index in [0.29, 0.717) is 0 Å². The molecule has 0 aliphatic carbocycles. The quantitative estimate of drug-likeness (QED) is 0.899. The van der Waals surface area contributed by atoms with Crippen LogP contribution in [0.25, 0.3) is 0 Å². The number of carboxylic acids is 1. The standard InChI is InChI=1S/C12H13F3O4/c1-7(6-12(13,14)15)19-9-4-3-8(11(16)17)5-10(9)18-2/h3-5,7H,6H2,1-2H3,(H,16,17). The minimum atomic E-state index is -4.33. The third-order valence-corrected chi connectivity index (χ3v) is 2.26. The highest BCUT2D eigenvalue weighted by atomic mass is 19.4. The summed E-state index contributed by atoms with van der Waals surface area (Å²) in [5, 5.41) is 8.79. The molecule has 0 aliphatic rings. The zero-order chi connectivity index (χ0) is 14.6. The number of benzene rings is 1. The van der Waals surface area contributed by atoms with E-state index in [-0.39, 0.29) is 17.1 Å². The summed E-state index contributed by atoms with van der Waals surface area (Å²) in [5.74, 6) is -1.01. The highest BCUT2D eigenvalue weighted by Gasteiger charge is 2.31. The van der Waals surface area contributed by atoms with Gasteiger partial charge >= 0.3 is 12.1 Å². The fourth-order valence-electron chi connectivity index (χ4n) is 1.48. The molecule has 0 aliphatic heterocycles. The lowest BCUT2D eigenvalue weighted by atomic mass is 10.2. The first-order valence-corrected chi connectivity index (χ1v) is 5.37. The van der Waals surface area contributed by atoms with E-state index < -0.39 is 24.7 Å². The number of alkyl halides is 3. The molecule has 0 heterocycles. The van der Waals surface area contributed by atoms with Crippen LogP contribution in [0.2, 0.25) is 0 Å². The molecular weight excluding hydrogens is 265 g/mol. The molecule has 1 aromatic rings. The van der Waals surface area contributed by atoms with Crippen LogP contribution in [-0.2, 0) is 0 Å². The first-order chi connectivity index (χ1) is 8.73. The Bertz CT molecular complexity index is 457. The Hall–Kier alpha value is -1.92. The van der Waals surface area contributed by atoms with Gasteiger partial charge in [-0.15, -0.1) is 0 Å². The molecule has 0 fully saturated rings. The fraction of sp³-hybridized carbons (Fsp3) is 0.417. The summed E-state index contributed by atoms with van der Waals surface area (Å²) in [6.45, 7) is 1.28. The minimum absolute atomic E-state index is 0.0346. The van der Waals surface area contributed by atoms with E-state index in [0.717, 1.165) is 0 Å². The van der Waals surface area contributed by atoms with Gasteiger partial charge in [-0.25, -0.2) is 4.79 Å². The Morgan fingerprint density at radius 3 is 2.47 bits per heavy atom. The zero-order valence-electron chi connectivity index (χ0n) is 10.3. The van der Waals surface area contributed by atoms with Crippen LogP contribution in [-0.4, -0.2) is 30.5 Å². The maximum Gasteiger partial charge on any atom is 0.392 e. The molecule has 1 rings (SSSR count). The van der Waals surface area contributed by atoms with Gasteiger partial charge in [0.05, 0.1) is 19.1 Å². The molecule has 0 spiro atoms. The fourth-order valence-corrected chi connectivity index (χ4v) is 1.48.